The number of hydrogen-bond donors (Lipinski definition) is 2. The minimum absolute atomic E-state index is 0.117. The first-order chi connectivity index (χ1) is 16.8. The number of aromatic nitrogens is 3. The Hall–Kier alpha value is -3.48. The van der Waals surface area contributed by atoms with Gasteiger partial charge in [0.05, 0.1) is 0 Å². The lowest BCUT2D eigenvalue weighted by molar-refractivity contribution is -0.119. The van der Waals surface area contributed by atoms with E-state index in [0.717, 1.165) is 42.5 Å². The van der Waals surface area contributed by atoms with E-state index < -0.39 is 6.04 Å². The van der Waals surface area contributed by atoms with Crippen LogP contribution in [0.5, 0.6) is 0 Å². The summed E-state index contributed by atoms with van der Waals surface area (Å²) in [7, 11) is 1.72. The van der Waals surface area contributed by atoms with Crippen LogP contribution in [0.25, 0.3) is 11.1 Å². The van der Waals surface area contributed by atoms with E-state index in [-0.39, 0.29) is 17.7 Å². The van der Waals surface area contributed by atoms with Gasteiger partial charge >= 0.3 is 0 Å². The molecule has 1 atom stereocenters. The van der Waals surface area contributed by atoms with Crippen LogP contribution in [0.4, 0.5) is 5.69 Å². The molecule has 0 radical (unpaired) electrons. The Morgan fingerprint density at radius 1 is 1.00 bits per heavy atom. The molecular formula is C28H35N5O2. The fourth-order valence-electron chi connectivity index (χ4n) is 5.06. The van der Waals surface area contributed by atoms with Gasteiger partial charge in [0.2, 0.25) is 5.91 Å². The molecule has 184 valence electrons. The van der Waals surface area contributed by atoms with Gasteiger partial charge in [0.25, 0.3) is 5.91 Å². The number of hydrogen-bond acceptors (Lipinski definition) is 4. The topological polar surface area (TPSA) is 88.9 Å². The minimum atomic E-state index is -0.592. The Labute approximate surface area is 207 Å². The number of nitrogens with one attached hydrogen (secondary N) is 2. The number of benzene rings is 1. The van der Waals surface area contributed by atoms with Crippen LogP contribution < -0.4 is 10.6 Å². The average molecular weight is 474 g/mol. The molecule has 1 saturated carbocycles. The van der Waals surface area contributed by atoms with Crippen molar-refractivity contribution in [2.75, 3.05) is 5.32 Å². The zero-order valence-electron chi connectivity index (χ0n) is 21.0. The summed E-state index contributed by atoms with van der Waals surface area (Å²) in [5.41, 5.74) is 5.61. The number of carbonyl (C=O) groups excluding carboxylic acids is 2. The average Bonchev–Trinajstić information content (AvgIpc) is 3.29. The zero-order chi connectivity index (χ0) is 24.9. The molecular weight excluding hydrogens is 438 g/mol. The molecule has 1 aliphatic carbocycles. The number of aryl methyl sites for hydroxylation is 2. The van der Waals surface area contributed by atoms with Crippen molar-refractivity contribution in [2.24, 2.45) is 13.0 Å². The number of pyridine rings is 1. The van der Waals surface area contributed by atoms with Crippen molar-refractivity contribution < 1.29 is 9.59 Å². The SMILES string of the molecule is Cc1nccc(C(C)C)c1-c1ccc(NC(=O)C(NC(=O)c2ccnn2C)C2CCCCC2)cc1. The van der Waals surface area contributed by atoms with Crippen molar-refractivity contribution in [3.8, 4) is 11.1 Å². The van der Waals surface area contributed by atoms with E-state index in [1.165, 1.54) is 16.7 Å². The first-order valence-corrected chi connectivity index (χ1v) is 12.5. The Morgan fingerprint density at radius 2 is 1.71 bits per heavy atom. The molecule has 1 aromatic carbocycles. The smallest absolute Gasteiger partial charge is 0.270 e. The van der Waals surface area contributed by atoms with E-state index >= 15 is 0 Å². The fourth-order valence-corrected chi connectivity index (χ4v) is 5.06. The van der Waals surface area contributed by atoms with E-state index in [1.54, 1.807) is 19.3 Å². The molecule has 0 bridgehead atoms. The second-order valence-corrected chi connectivity index (χ2v) is 9.77. The fraction of sp³-hybridized carbons (Fsp3) is 0.429. The van der Waals surface area contributed by atoms with Crippen molar-refractivity contribution in [3.63, 3.8) is 0 Å². The van der Waals surface area contributed by atoms with E-state index in [1.807, 2.05) is 37.4 Å². The molecule has 35 heavy (non-hydrogen) atoms. The third-order valence-electron chi connectivity index (χ3n) is 6.98. The van der Waals surface area contributed by atoms with Crippen molar-refractivity contribution >= 4 is 17.5 Å². The van der Waals surface area contributed by atoms with E-state index in [0.29, 0.717) is 17.3 Å². The molecule has 0 spiro atoms. The summed E-state index contributed by atoms with van der Waals surface area (Å²) in [6.45, 7) is 6.38. The molecule has 2 heterocycles. The molecule has 2 amide bonds. The van der Waals surface area contributed by atoms with Crippen LogP contribution in [-0.4, -0.2) is 32.6 Å². The third kappa shape index (κ3) is 5.61. The molecule has 2 N–H and O–H groups in total. The van der Waals surface area contributed by atoms with Gasteiger partial charge in [-0.15, -0.1) is 0 Å². The number of nitrogens with zero attached hydrogens (tertiary/aromatic N) is 3. The van der Waals surface area contributed by atoms with Crippen LogP contribution in [-0.2, 0) is 11.8 Å². The first kappa shape index (κ1) is 24.6. The number of rotatable bonds is 7. The lowest BCUT2D eigenvalue weighted by Gasteiger charge is -2.30. The quantitative estimate of drug-likeness (QED) is 0.492. The number of carbonyl (C=O) groups is 2. The van der Waals surface area contributed by atoms with Crippen LogP contribution >= 0.6 is 0 Å². The van der Waals surface area contributed by atoms with Gasteiger partial charge in [-0.05, 0) is 67.0 Å². The second kappa shape index (κ2) is 10.8. The minimum Gasteiger partial charge on any atom is -0.339 e. The Balaban J connectivity index is 1.53. The highest BCUT2D eigenvalue weighted by Crippen LogP contribution is 2.32. The maximum Gasteiger partial charge on any atom is 0.270 e. The summed E-state index contributed by atoms with van der Waals surface area (Å²) in [4.78, 5) is 30.8. The van der Waals surface area contributed by atoms with Gasteiger partial charge in [-0.1, -0.05) is 45.2 Å². The van der Waals surface area contributed by atoms with Gasteiger partial charge in [-0.25, -0.2) is 0 Å². The molecule has 4 rings (SSSR count). The number of amides is 2. The summed E-state index contributed by atoms with van der Waals surface area (Å²) in [6.07, 6.45) is 8.63. The van der Waals surface area contributed by atoms with E-state index in [2.05, 4.69) is 40.6 Å². The maximum atomic E-state index is 13.4. The van der Waals surface area contributed by atoms with Crippen LogP contribution in [0.1, 0.15) is 73.6 Å². The molecule has 1 unspecified atom stereocenters. The predicted octanol–water partition coefficient (Wildman–Crippen LogP) is 5.23. The van der Waals surface area contributed by atoms with Crippen LogP contribution in [0, 0.1) is 12.8 Å². The van der Waals surface area contributed by atoms with Crippen molar-refractivity contribution in [1.29, 1.82) is 0 Å². The van der Waals surface area contributed by atoms with E-state index in [9.17, 15) is 9.59 Å². The largest absolute Gasteiger partial charge is 0.339 e. The van der Waals surface area contributed by atoms with Gasteiger partial charge < -0.3 is 10.6 Å². The van der Waals surface area contributed by atoms with Crippen molar-refractivity contribution in [3.05, 3.63) is 65.7 Å². The highest BCUT2D eigenvalue weighted by atomic mass is 16.2. The van der Waals surface area contributed by atoms with Gasteiger partial charge in [0.1, 0.15) is 11.7 Å². The van der Waals surface area contributed by atoms with Gasteiger partial charge in [0.15, 0.2) is 0 Å². The summed E-state index contributed by atoms with van der Waals surface area (Å²) >= 11 is 0. The van der Waals surface area contributed by atoms with Gasteiger partial charge in [-0.2, -0.15) is 5.10 Å². The van der Waals surface area contributed by atoms with Gasteiger partial charge in [0, 0.05) is 36.4 Å². The lowest BCUT2D eigenvalue weighted by Crippen LogP contribution is -2.49. The Bertz CT molecular complexity index is 1180. The van der Waals surface area contributed by atoms with Crippen molar-refractivity contribution in [1.82, 2.24) is 20.1 Å². The highest BCUT2D eigenvalue weighted by molar-refractivity contribution is 6.00. The molecule has 1 aliphatic rings. The standard InChI is InChI=1S/C28H35N5O2/c1-18(2)23-14-16-29-19(3)25(23)20-10-12-22(13-11-20)31-28(35)26(21-8-6-5-7-9-21)32-27(34)24-15-17-30-33(24)4/h10-18,21,26H,5-9H2,1-4H3,(H,31,35)(H,32,34). The molecule has 0 aliphatic heterocycles. The summed E-state index contributed by atoms with van der Waals surface area (Å²) in [5, 5.41) is 10.1. The lowest BCUT2D eigenvalue weighted by atomic mass is 9.83. The molecule has 2 aromatic heterocycles. The maximum absolute atomic E-state index is 13.4. The Morgan fingerprint density at radius 3 is 2.34 bits per heavy atom. The molecule has 0 saturated heterocycles. The third-order valence-corrected chi connectivity index (χ3v) is 6.98. The summed E-state index contributed by atoms with van der Waals surface area (Å²) < 4.78 is 1.52. The number of anilines is 1. The van der Waals surface area contributed by atoms with Crippen LogP contribution in [0.3, 0.4) is 0 Å². The first-order valence-electron chi connectivity index (χ1n) is 12.5. The van der Waals surface area contributed by atoms with Crippen LogP contribution in [0.15, 0.2) is 48.8 Å². The predicted molar refractivity (Wildman–Crippen MR) is 138 cm³/mol. The van der Waals surface area contributed by atoms with Gasteiger partial charge in [-0.3, -0.25) is 19.3 Å². The van der Waals surface area contributed by atoms with Crippen molar-refractivity contribution in [2.45, 2.75) is 64.8 Å². The zero-order valence-corrected chi connectivity index (χ0v) is 21.0. The second-order valence-electron chi connectivity index (χ2n) is 9.77. The summed E-state index contributed by atoms with van der Waals surface area (Å²) in [5.74, 6) is 0.0390. The molecule has 7 nitrogen and oxygen atoms in total. The molecule has 7 heteroatoms. The summed E-state index contributed by atoms with van der Waals surface area (Å²) in [6, 6.07) is 11.0. The molecule has 3 aromatic rings. The Kier molecular flexibility index (Phi) is 7.63. The highest BCUT2D eigenvalue weighted by Gasteiger charge is 2.32. The monoisotopic (exact) mass is 473 g/mol. The molecule has 1 fully saturated rings. The normalized spacial score (nSPS) is 15.1. The van der Waals surface area contributed by atoms with E-state index in [4.69, 9.17) is 0 Å². The van der Waals surface area contributed by atoms with Crippen LogP contribution in [0.2, 0.25) is 0 Å².